The van der Waals surface area contributed by atoms with Gasteiger partial charge in [0.15, 0.2) is 35.3 Å². The van der Waals surface area contributed by atoms with E-state index in [9.17, 15) is 23.1 Å². The highest BCUT2D eigenvalue weighted by Crippen LogP contribution is 2.35. The molecule has 0 unspecified atom stereocenters. The number of anilines is 2. The molecule has 4 heterocycles. The van der Waals surface area contributed by atoms with Gasteiger partial charge in [0.05, 0.1) is 48.5 Å². The number of benzene rings is 1. The number of carbonyl (C=O) groups is 1. The van der Waals surface area contributed by atoms with E-state index in [0.717, 1.165) is 12.1 Å². The minimum Gasteiger partial charge on any atom is -0.494 e. The number of alkyl halides is 2. The summed E-state index contributed by atoms with van der Waals surface area (Å²) in [6.07, 6.45) is -0.247. The number of imidazole rings is 1. The Morgan fingerprint density at radius 3 is 2.62 bits per heavy atom. The van der Waals surface area contributed by atoms with Crippen molar-refractivity contribution < 1.29 is 36.9 Å². The molecule has 0 bridgehead atoms. The van der Waals surface area contributed by atoms with E-state index in [0.29, 0.717) is 41.2 Å². The van der Waals surface area contributed by atoms with Gasteiger partial charge in [-0.3, -0.25) is 9.78 Å². The maximum atomic E-state index is 15.1. The highest BCUT2D eigenvalue weighted by Gasteiger charge is 2.43. The highest BCUT2D eigenvalue weighted by molar-refractivity contribution is 5.83. The number of pyridine rings is 1. The minimum absolute atomic E-state index is 0.0859. The first-order valence-electron chi connectivity index (χ1n) is 14.8. The number of halogens is 4. The zero-order chi connectivity index (χ0) is 34.1. The van der Waals surface area contributed by atoms with Crippen molar-refractivity contribution in [2.24, 2.45) is 11.1 Å². The van der Waals surface area contributed by atoms with Crippen LogP contribution in [-0.2, 0) is 16.1 Å². The van der Waals surface area contributed by atoms with Crippen molar-refractivity contribution in [2.45, 2.75) is 58.2 Å². The summed E-state index contributed by atoms with van der Waals surface area (Å²) in [6.45, 7) is 5.44. The molecular formula is C31H36F4N8O4. The fourth-order valence-corrected chi connectivity index (χ4v) is 5.44. The molecule has 1 aromatic carbocycles. The van der Waals surface area contributed by atoms with Gasteiger partial charge in [-0.2, -0.15) is 0 Å². The van der Waals surface area contributed by atoms with Crippen molar-refractivity contribution in [3.63, 3.8) is 0 Å². The summed E-state index contributed by atoms with van der Waals surface area (Å²) in [5.41, 5.74) is 5.80. The van der Waals surface area contributed by atoms with E-state index in [-0.39, 0.29) is 43.2 Å². The number of nitrogens with two attached hydrogens (primary N) is 1. The molecule has 5 rings (SSSR count). The van der Waals surface area contributed by atoms with Gasteiger partial charge in [0, 0.05) is 24.7 Å². The quantitative estimate of drug-likeness (QED) is 0.128. The molecule has 1 aliphatic rings. The lowest BCUT2D eigenvalue weighted by Crippen LogP contribution is -2.63. The number of hydrogen-bond acceptors (Lipinski definition) is 11. The molecule has 3 aromatic heterocycles. The Morgan fingerprint density at radius 2 is 1.91 bits per heavy atom. The first kappa shape index (κ1) is 33.8. The summed E-state index contributed by atoms with van der Waals surface area (Å²) in [4.78, 5) is 31.3. The van der Waals surface area contributed by atoms with E-state index in [2.05, 4.69) is 25.3 Å². The number of nitrogens with one attached hydrogen (secondary N) is 1. The number of ether oxygens (including phenoxy) is 2. The van der Waals surface area contributed by atoms with E-state index in [1.807, 2.05) is 0 Å². The summed E-state index contributed by atoms with van der Waals surface area (Å²) in [5.74, 6) is -1.92. The fraction of sp³-hybridized carbons (Fsp3) is 0.452. The average molecular weight is 661 g/mol. The molecule has 2 atom stereocenters. The number of aliphatic hydroxyl groups is 1. The number of rotatable bonds is 10. The molecule has 0 spiro atoms. The summed E-state index contributed by atoms with van der Waals surface area (Å²) < 4.78 is 68.7. The number of aliphatic hydroxyl groups excluding tert-OH is 1. The van der Waals surface area contributed by atoms with Gasteiger partial charge in [-0.1, -0.05) is 0 Å². The van der Waals surface area contributed by atoms with Gasteiger partial charge in [-0.15, -0.1) is 0 Å². The van der Waals surface area contributed by atoms with Crippen molar-refractivity contribution in [3.05, 3.63) is 54.2 Å². The van der Waals surface area contributed by atoms with Crippen LogP contribution in [0.4, 0.5) is 29.1 Å². The number of fused-ring (bicyclic) bond motifs is 1. The number of esters is 1. The molecule has 4 aromatic rings. The number of nitrogens with zero attached hydrogens (tertiary/aromatic N) is 6. The third-order valence-corrected chi connectivity index (χ3v) is 8.00. The van der Waals surface area contributed by atoms with Crippen LogP contribution in [0.3, 0.4) is 0 Å². The van der Waals surface area contributed by atoms with Crippen molar-refractivity contribution in [1.82, 2.24) is 24.5 Å². The van der Waals surface area contributed by atoms with E-state index >= 15 is 4.39 Å². The summed E-state index contributed by atoms with van der Waals surface area (Å²) >= 11 is 0. The second-order valence-corrected chi connectivity index (χ2v) is 12.5. The number of aromatic nitrogens is 5. The number of carbonyl (C=O) groups excluding carboxylic acids is 1. The predicted octanol–water partition coefficient (Wildman–Crippen LogP) is 4.11. The Balaban J connectivity index is 1.52. The summed E-state index contributed by atoms with van der Waals surface area (Å²) in [5, 5.41) is 13.2. The lowest BCUT2D eigenvalue weighted by molar-refractivity contribution is -0.152. The molecule has 12 nitrogen and oxygen atoms in total. The van der Waals surface area contributed by atoms with Crippen LogP contribution in [0.15, 0.2) is 37.1 Å². The highest BCUT2D eigenvalue weighted by atomic mass is 19.3. The van der Waals surface area contributed by atoms with Gasteiger partial charge in [0.25, 0.3) is 6.43 Å². The molecule has 0 saturated carbocycles. The van der Waals surface area contributed by atoms with E-state index < -0.39 is 41.1 Å². The summed E-state index contributed by atoms with van der Waals surface area (Å²) in [6, 6.07) is 3.47. The SMILES string of the molecule is COc1cc(F)c(-c2cc(Cn3cnc4c(NCOC(=O)C(C)(C)C)ncnc43)c(N3CCC[C@](N)([C@H](O)C(F)F)C3)cn2)cc1F. The molecule has 1 saturated heterocycles. The number of methoxy groups -OCH3 is 1. The molecule has 1 fully saturated rings. The van der Waals surface area contributed by atoms with Gasteiger partial charge in [0.2, 0.25) is 0 Å². The molecule has 4 N–H and O–H groups in total. The molecule has 47 heavy (non-hydrogen) atoms. The fourth-order valence-electron chi connectivity index (χ4n) is 5.44. The van der Waals surface area contributed by atoms with Gasteiger partial charge < -0.3 is 35.1 Å². The zero-order valence-electron chi connectivity index (χ0n) is 26.3. The Bertz CT molecular complexity index is 1770. The van der Waals surface area contributed by atoms with Crippen LogP contribution < -0.4 is 20.7 Å². The maximum absolute atomic E-state index is 15.1. The normalized spacial score (nSPS) is 17.6. The van der Waals surface area contributed by atoms with Crippen LogP contribution in [0.25, 0.3) is 22.4 Å². The molecule has 0 radical (unpaired) electrons. The van der Waals surface area contributed by atoms with E-state index in [1.165, 1.54) is 26.0 Å². The standard InChI is InChI=1S/C31H36F4N8O4/c1-30(2,3)29(45)47-16-41-27-24-28(39-14-38-27)43(15-40-24)12-17-8-21(18-9-20(33)23(46-4)10-19(18)32)37-11-22(17)42-7-5-6-31(36,13-42)25(44)26(34)35/h8-11,14-15,25-26,44H,5-7,12-13,16,36H2,1-4H3,(H,38,39,41)/t25-,31-/m1/s1. The lowest BCUT2D eigenvalue weighted by atomic mass is 9.84. The van der Waals surface area contributed by atoms with Gasteiger partial charge in [-0.05, 0) is 51.3 Å². The Hall–Kier alpha value is -4.57. The van der Waals surface area contributed by atoms with Crippen LogP contribution in [0.2, 0.25) is 0 Å². The molecular weight excluding hydrogens is 624 g/mol. The molecule has 0 aliphatic carbocycles. The first-order valence-corrected chi connectivity index (χ1v) is 14.8. The van der Waals surface area contributed by atoms with Crippen LogP contribution in [0.1, 0.15) is 39.2 Å². The topological polar surface area (TPSA) is 154 Å². The monoisotopic (exact) mass is 660 g/mol. The van der Waals surface area contributed by atoms with Crippen LogP contribution in [-0.4, -0.2) is 80.6 Å². The predicted molar refractivity (Wildman–Crippen MR) is 165 cm³/mol. The third kappa shape index (κ3) is 7.07. The van der Waals surface area contributed by atoms with Crippen molar-refractivity contribution >= 4 is 28.6 Å². The Morgan fingerprint density at radius 1 is 1.15 bits per heavy atom. The van der Waals surface area contributed by atoms with Gasteiger partial charge >= 0.3 is 5.97 Å². The van der Waals surface area contributed by atoms with Crippen molar-refractivity contribution in [3.8, 4) is 17.0 Å². The molecule has 1 aliphatic heterocycles. The number of hydrogen-bond donors (Lipinski definition) is 3. The smallest absolute Gasteiger partial charge is 0.312 e. The molecule has 252 valence electrons. The Labute approximate surface area is 267 Å². The average Bonchev–Trinajstić information content (AvgIpc) is 3.44. The van der Waals surface area contributed by atoms with Gasteiger partial charge in [0.1, 0.15) is 18.2 Å². The third-order valence-electron chi connectivity index (χ3n) is 8.00. The first-order chi connectivity index (χ1) is 22.2. The molecule has 0 amide bonds. The maximum Gasteiger partial charge on any atom is 0.312 e. The summed E-state index contributed by atoms with van der Waals surface area (Å²) in [7, 11) is 1.22. The zero-order valence-corrected chi connectivity index (χ0v) is 26.3. The van der Waals surface area contributed by atoms with Crippen molar-refractivity contribution in [1.29, 1.82) is 0 Å². The van der Waals surface area contributed by atoms with E-state index in [1.54, 1.807) is 36.3 Å². The molecule has 16 heteroatoms. The van der Waals surface area contributed by atoms with Crippen LogP contribution >= 0.6 is 0 Å². The largest absolute Gasteiger partial charge is 0.494 e. The second kappa shape index (κ2) is 13.3. The van der Waals surface area contributed by atoms with Gasteiger partial charge in [-0.25, -0.2) is 32.5 Å². The minimum atomic E-state index is -3.04. The van der Waals surface area contributed by atoms with Crippen LogP contribution in [0.5, 0.6) is 5.75 Å². The van der Waals surface area contributed by atoms with E-state index in [4.69, 9.17) is 15.2 Å². The second-order valence-electron chi connectivity index (χ2n) is 12.5. The van der Waals surface area contributed by atoms with Crippen molar-refractivity contribution in [2.75, 3.05) is 37.1 Å². The Kier molecular flexibility index (Phi) is 9.54. The number of piperidine rings is 1. The lowest BCUT2D eigenvalue weighted by Gasteiger charge is -2.44. The van der Waals surface area contributed by atoms with Crippen LogP contribution in [0, 0.1) is 17.0 Å².